The highest BCUT2D eigenvalue weighted by Gasteiger charge is 2.16. The van der Waals surface area contributed by atoms with Gasteiger partial charge in [-0.1, -0.05) is 97.3 Å². The third-order valence-corrected chi connectivity index (χ3v) is 4.72. The highest BCUT2D eigenvalue weighted by Crippen LogP contribution is 2.15. The van der Waals surface area contributed by atoms with Gasteiger partial charge in [-0.2, -0.15) is 0 Å². The van der Waals surface area contributed by atoms with Crippen molar-refractivity contribution >= 4 is 5.97 Å². The summed E-state index contributed by atoms with van der Waals surface area (Å²) in [5, 5.41) is 8.89. The summed E-state index contributed by atoms with van der Waals surface area (Å²) in [6.45, 7) is 5.81. The number of carbonyl (C=O) groups is 1. The first-order valence-corrected chi connectivity index (χ1v) is 10.4. The second-order valence-electron chi connectivity index (χ2n) is 7.36. The SMILES string of the molecule is CCCCCCCCCCCCCCCC(C)C(=O)OC(C)CO. The molecule has 0 fully saturated rings. The van der Waals surface area contributed by atoms with E-state index in [-0.39, 0.29) is 24.6 Å². The van der Waals surface area contributed by atoms with Crippen LogP contribution in [0.1, 0.15) is 111 Å². The molecule has 0 aliphatic heterocycles. The summed E-state index contributed by atoms with van der Waals surface area (Å²) >= 11 is 0. The minimum atomic E-state index is -0.383. The van der Waals surface area contributed by atoms with E-state index in [2.05, 4.69) is 6.92 Å². The Labute approximate surface area is 150 Å². The molecule has 0 spiro atoms. The van der Waals surface area contributed by atoms with E-state index in [4.69, 9.17) is 9.84 Å². The number of aliphatic hydroxyl groups excluding tert-OH is 1. The molecule has 2 unspecified atom stereocenters. The number of esters is 1. The number of hydrogen-bond donors (Lipinski definition) is 1. The standard InChI is InChI=1S/C21H42O3/c1-4-5-6-7-8-9-10-11-12-13-14-15-16-17-19(2)21(23)24-20(3)18-22/h19-20,22H,4-18H2,1-3H3. The normalized spacial score (nSPS) is 13.7. The Bertz CT molecular complexity index is 278. The van der Waals surface area contributed by atoms with E-state index < -0.39 is 0 Å². The first-order valence-electron chi connectivity index (χ1n) is 10.4. The topological polar surface area (TPSA) is 46.5 Å². The van der Waals surface area contributed by atoms with Crippen molar-refractivity contribution in [3.05, 3.63) is 0 Å². The summed E-state index contributed by atoms with van der Waals surface area (Å²) in [5.41, 5.74) is 0. The number of rotatable bonds is 17. The molecule has 0 heterocycles. The average Bonchev–Trinajstić information content (AvgIpc) is 2.58. The van der Waals surface area contributed by atoms with Crippen molar-refractivity contribution in [3.8, 4) is 0 Å². The number of carbonyl (C=O) groups excluding carboxylic acids is 1. The van der Waals surface area contributed by atoms with Crippen LogP contribution in [0.25, 0.3) is 0 Å². The molecule has 3 heteroatoms. The summed E-state index contributed by atoms with van der Waals surface area (Å²) in [6.07, 6.45) is 18.0. The third kappa shape index (κ3) is 15.0. The summed E-state index contributed by atoms with van der Waals surface area (Å²) < 4.78 is 5.14. The maximum absolute atomic E-state index is 11.7. The minimum Gasteiger partial charge on any atom is -0.460 e. The van der Waals surface area contributed by atoms with Crippen LogP contribution in [0.2, 0.25) is 0 Å². The van der Waals surface area contributed by atoms with E-state index in [1.54, 1.807) is 6.92 Å². The van der Waals surface area contributed by atoms with Crippen LogP contribution < -0.4 is 0 Å². The predicted octanol–water partition coefficient (Wildman–Crippen LogP) is 6.03. The third-order valence-electron chi connectivity index (χ3n) is 4.72. The van der Waals surface area contributed by atoms with Crippen LogP contribution >= 0.6 is 0 Å². The fourth-order valence-electron chi connectivity index (χ4n) is 2.94. The van der Waals surface area contributed by atoms with Crippen molar-refractivity contribution in [3.63, 3.8) is 0 Å². The molecule has 1 N–H and O–H groups in total. The van der Waals surface area contributed by atoms with Crippen molar-refractivity contribution in [1.82, 2.24) is 0 Å². The zero-order chi connectivity index (χ0) is 18.0. The fourth-order valence-corrected chi connectivity index (χ4v) is 2.94. The molecule has 0 saturated heterocycles. The number of ether oxygens (including phenoxy) is 1. The van der Waals surface area contributed by atoms with Crippen molar-refractivity contribution in [2.75, 3.05) is 6.61 Å². The van der Waals surface area contributed by atoms with Crippen molar-refractivity contribution < 1.29 is 14.6 Å². The van der Waals surface area contributed by atoms with Crippen LogP contribution in [0.5, 0.6) is 0 Å². The molecule has 144 valence electrons. The lowest BCUT2D eigenvalue weighted by atomic mass is 10.0. The molecule has 0 bridgehead atoms. The predicted molar refractivity (Wildman–Crippen MR) is 102 cm³/mol. The first-order chi connectivity index (χ1) is 11.6. The van der Waals surface area contributed by atoms with Gasteiger partial charge in [0.1, 0.15) is 6.10 Å². The molecule has 24 heavy (non-hydrogen) atoms. The quantitative estimate of drug-likeness (QED) is 0.259. The lowest BCUT2D eigenvalue weighted by Crippen LogP contribution is -2.23. The van der Waals surface area contributed by atoms with Crippen molar-refractivity contribution in [2.45, 2.75) is 117 Å². The molecule has 0 aromatic carbocycles. The molecule has 0 aliphatic carbocycles. The van der Waals surface area contributed by atoms with Gasteiger partial charge in [0.15, 0.2) is 0 Å². The monoisotopic (exact) mass is 342 g/mol. The zero-order valence-corrected chi connectivity index (χ0v) is 16.5. The summed E-state index contributed by atoms with van der Waals surface area (Å²) in [4.78, 5) is 11.7. The van der Waals surface area contributed by atoms with Gasteiger partial charge in [0.05, 0.1) is 12.5 Å². The molecular formula is C21H42O3. The fraction of sp³-hybridized carbons (Fsp3) is 0.952. The Kier molecular flexibility index (Phi) is 16.8. The highest BCUT2D eigenvalue weighted by molar-refractivity contribution is 5.72. The van der Waals surface area contributed by atoms with E-state index in [1.807, 2.05) is 6.92 Å². The zero-order valence-electron chi connectivity index (χ0n) is 16.5. The molecule has 0 aliphatic rings. The Morgan fingerprint density at radius 3 is 1.62 bits per heavy atom. The molecule has 0 aromatic heterocycles. The second-order valence-corrected chi connectivity index (χ2v) is 7.36. The maximum atomic E-state index is 11.7. The van der Waals surface area contributed by atoms with Crippen LogP contribution in [-0.4, -0.2) is 23.8 Å². The molecule has 0 saturated carbocycles. The Balaban J connectivity index is 3.28. The van der Waals surface area contributed by atoms with Gasteiger partial charge in [-0.15, -0.1) is 0 Å². The number of unbranched alkanes of at least 4 members (excludes halogenated alkanes) is 12. The van der Waals surface area contributed by atoms with Gasteiger partial charge in [-0.3, -0.25) is 4.79 Å². The van der Waals surface area contributed by atoms with Gasteiger partial charge < -0.3 is 9.84 Å². The van der Waals surface area contributed by atoms with Crippen LogP contribution in [0, 0.1) is 5.92 Å². The Morgan fingerprint density at radius 1 is 0.792 bits per heavy atom. The van der Waals surface area contributed by atoms with E-state index in [9.17, 15) is 4.79 Å². The van der Waals surface area contributed by atoms with Gasteiger partial charge >= 0.3 is 5.97 Å². The van der Waals surface area contributed by atoms with Gasteiger partial charge in [0.2, 0.25) is 0 Å². The molecular weight excluding hydrogens is 300 g/mol. The van der Waals surface area contributed by atoms with Gasteiger partial charge in [-0.25, -0.2) is 0 Å². The van der Waals surface area contributed by atoms with E-state index in [0.29, 0.717) is 0 Å². The van der Waals surface area contributed by atoms with E-state index in [0.717, 1.165) is 12.8 Å². The van der Waals surface area contributed by atoms with Crippen molar-refractivity contribution in [2.24, 2.45) is 5.92 Å². The number of aliphatic hydroxyl groups is 1. The summed E-state index contributed by atoms with van der Waals surface area (Å²) in [7, 11) is 0. The lowest BCUT2D eigenvalue weighted by molar-refractivity contribution is -0.154. The highest BCUT2D eigenvalue weighted by atomic mass is 16.6. The Hall–Kier alpha value is -0.570. The molecule has 0 rings (SSSR count). The summed E-state index contributed by atoms with van der Waals surface area (Å²) in [5.74, 6) is -0.220. The molecule has 0 radical (unpaired) electrons. The smallest absolute Gasteiger partial charge is 0.308 e. The minimum absolute atomic E-state index is 0.0493. The largest absolute Gasteiger partial charge is 0.460 e. The van der Waals surface area contributed by atoms with Crippen LogP contribution in [0.4, 0.5) is 0 Å². The van der Waals surface area contributed by atoms with Gasteiger partial charge in [0, 0.05) is 0 Å². The van der Waals surface area contributed by atoms with Crippen LogP contribution in [0.3, 0.4) is 0 Å². The van der Waals surface area contributed by atoms with Gasteiger partial charge in [-0.05, 0) is 13.3 Å². The Morgan fingerprint density at radius 2 is 1.21 bits per heavy atom. The maximum Gasteiger partial charge on any atom is 0.308 e. The van der Waals surface area contributed by atoms with Gasteiger partial charge in [0.25, 0.3) is 0 Å². The molecule has 2 atom stereocenters. The molecule has 0 aromatic rings. The van der Waals surface area contributed by atoms with E-state index >= 15 is 0 Å². The van der Waals surface area contributed by atoms with Crippen LogP contribution in [-0.2, 0) is 9.53 Å². The lowest BCUT2D eigenvalue weighted by Gasteiger charge is -2.14. The number of hydrogen-bond acceptors (Lipinski definition) is 3. The summed E-state index contributed by atoms with van der Waals surface area (Å²) in [6, 6.07) is 0. The van der Waals surface area contributed by atoms with Crippen molar-refractivity contribution in [1.29, 1.82) is 0 Å². The van der Waals surface area contributed by atoms with E-state index in [1.165, 1.54) is 77.0 Å². The molecule has 3 nitrogen and oxygen atoms in total. The van der Waals surface area contributed by atoms with Crippen LogP contribution in [0.15, 0.2) is 0 Å². The first kappa shape index (κ1) is 23.4. The second kappa shape index (κ2) is 17.3. The molecule has 0 amide bonds. The average molecular weight is 343 g/mol.